The molecule has 1 N–H and O–H groups in total. The monoisotopic (exact) mass is 433 g/mol. The molecule has 170 valence electrons. The van der Waals surface area contributed by atoms with Crippen LogP contribution in [0, 0.1) is 18.8 Å². The zero-order valence-electron chi connectivity index (χ0n) is 19.3. The van der Waals surface area contributed by atoms with Gasteiger partial charge in [-0.3, -0.25) is 9.59 Å². The minimum absolute atomic E-state index is 0.0834. The van der Waals surface area contributed by atoms with E-state index < -0.39 is 0 Å². The molecule has 0 bridgehead atoms. The molecule has 2 fully saturated rings. The van der Waals surface area contributed by atoms with Crippen molar-refractivity contribution in [3.63, 3.8) is 0 Å². The Balaban J connectivity index is 1.58. The van der Waals surface area contributed by atoms with Crippen molar-refractivity contribution >= 4 is 11.8 Å². The van der Waals surface area contributed by atoms with Crippen LogP contribution in [0.4, 0.5) is 0 Å². The minimum Gasteiger partial charge on any atom is -0.341 e. The number of piperidine rings is 1. The second-order valence-electron chi connectivity index (χ2n) is 9.15. The van der Waals surface area contributed by atoms with Gasteiger partial charge in [0.2, 0.25) is 11.8 Å². The lowest BCUT2D eigenvalue weighted by molar-refractivity contribution is -0.137. The number of benzene rings is 2. The van der Waals surface area contributed by atoms with E-state index in [1.165, 1.54) is 22.3 Å². The smallest absolute Gasteiger partial charge is 0.227 e. The SMILES string of the molecule is CCN1CCN(C(=O)C2CCNCC2)C[C@H](Cc2ccccc2-c2ccc(C)cc2)C1=O. The maximum absolute atomic E-state index is 13.4. The van der Waals surface area contributed by atoms with Crippen LogP contribution < -0.4 is 5.32 Å². The first-order valence-corrected chi connectivity index (χ1v) is 12.0. The van der Waals surface area contributed by atoms with Crippen LogP contribution in [-0.4, -0.2) is 60.9 Å². The summed E-state index contributed by atoms with van der Waals surface area (Å²) < 4.78 is 0. The number of rotatable bonds is 5. The van der Waals surface area contributed by atoms with Crippen molar-refractivity contribution in [1.29, 1.82) is 0 Å². The third-order valence-electron chi connectivity index (χ3n) is 6.97. The summed E-state index contributed by atoms with van der Waals surface area (Å²) in [5, 5.41) is 3.34. The molecule has 0 aromatic heterocycles. The number of carbonyl (C=O) groups is 2. The van der Waals surface area contributed by atoms with Gasteiger partial charge in [0, 0.05) is 32.1 Å². The normalized spacial score (nSPS) is 20.3. The molecule has 0 radical (unpaired) electrons. The van der Waals surface area contributed by atoms with Gasteiger partial charge in [0.15, 0.2) is 0 Å². The van der Waals surface area contributed by atoms with Crippen LogP contribution in [0.5, 0.6) is 0 Å². The lowest BCUT2D eigenvalue weighted by Crippen LogP contribution is -2.43. The Morgan fingerprint density at radius 2 is 1.75 bits per heavy atom. The summed E-state index contributed by atoms with van der Waals surface area (Å²) >= 11 is 0. The Kier molecular flexibility index (Phi) is 7.26. The predicted octanol–water partition coefficient (Wildman–Crippen LogP) is 3.51. The van der Waals surface area contributed by atoms with Gasteiger partial charge in [-0.15, -0.1) is 0 Å². The van der Waals surface area contributed by atoms with Crippen molar-refractivity contribution in [2.75, 3.05) is 39.3 Å². The molecular weight excluding hydrogens is 398 g/mol. The van der Waals surface area contributed by atoms with Gasteiger partial charge in [0.05, 0.1) is 5.92 Å². The molecule has 0 saturated carbocycles. The molecule has 2 heterocycles. The third kappa shape index (κ3) is 5.04. The molecule has 2 aliphatic rings. The Bertz CT molecular complexity index is 934. The number of nitrogens with zero attached hydrogens (tertiary/aromatic N) is 2. The molecule has 32 heavy (non-hydrogen) atoms. The second kappa shape index (κ2) is 10.3. The van der Waals surface area contributed by atoms with Gasteiger partial charge in [-0.05, 0) is 62.9 Å². The molecule has 2 saturated heterocycles. The molecule has 1 atom stereocenters. The molecule has 0 aliphatic carbocycles. The first-order valence-electron chi connectivity index (χ1n) is 12.0. The average Bonchev–Trinajstić information content (AvgIpc) is 2.99. The Hall–Kier alpha value is -2.66. The van der Waals surface area contributed by atoms with Crippen LogP contribution in [0.1, 0.15) is 30.9 Å². The number of nitrogens with one attached hydrogen (secondary N) is 1. The zero-order valence-corrected chi connectivity index (χ0v) is 19.3. The number of amides is 2. The molecule has 2 aromatic rings. The summed E-state index contributed by atoms with van der Waals surface area (Å²) in [4.78, 5) is 30.6. The van der Waals surface area contributed by atoms with Gasteiger partial charge in [-0.1, -0.05) is 54.1 Å². The van der Waals surface area contributed by atoms with E-state index in [1.54, 1.807) is 0 Å². The van der Waals surface area contributed by atoms with Crippen molar-refractivity contribution in [3.8, 4) is 11.1 Å². The summed E-state index contributed by atoms with van der Waals surface area (Å²) in [5.74, 6) is 0.274. The van der Waals surface area contributed by atoms with Gasteiger partial charge < -0.3 is 15.1 Å². The molecule has 5 nitrogen and oxygen atoms in total. The van der Waals surface area contributed by atoms with Gasteiger partial charge in [0.1, 0.15) is 0 Å². The summed E-state index contributed by atoms with van der Waals surface area (Å²) in [5.41, 5.74) is 4.74. The second-order valence-corrected chi connectivity index (χ2v) is 9.15. The van der Waals surface area contributed by atoms with Crippen molar-refractivity contribution in [3.05, 3.63) is 59.7 Å². The molecule has 0 unspecified atom stereocenters. The third-order valence-corrected chi connectivity index (χ3v) is 6.97. The van der Waals surface area contributed by atoms with E-state index in [-0.39, 0.29) is 23.7 Å². The highest BCUT2D eigenvalue weighted by molar-refractivity contribution is 5.83. The van der Waals surface area contributed by atoms with E-state index in [1.807, 2.05) is 22.8 Å². The lowest BCUT2D eigenvalue weighted by atomic mass is 9.90. The van der Waals surface area contributed by atoms with Gasteiger partial charge in [0.25, 0.3) is 0 Å². The van der Waals surface area contributed by atoms with Gasteiger partial charge in [-0.2, -0.15) is 0 Å². The molecule has 0 spiro atoms. The highest BCUT2D eigenvalue weighted by Gasteiger charge is 2.34. The Morgan fingerprint density at radius 3 is 2.47 bits per heavy atom. The van der Waals surface area contributed by atoms with E-state index in [4.69, 9.17) is 0 Å². The molecule has 5 heteroatoms. The van der Waals surface area contributed by atoms with E-state index in [0.717, 1.165) is 25.9 Å². The highest BCUT2D eigenvalue weighted by Crippen LogP contribution is 2.28. The number of hydrogen-bond donors (Lipinski definition) is 1. The van der Waals surface area contributed by atoms with Crippen molar-refractivity contribution in [2.45, 2.75) is 33.1 Å². The fourth-order valence-electron chi connectivity index (χ4n) is 5.02. The largest absolute Gasteiger partial charge is 0.341 e. The summed E-state index contributed by atoms with van der Waals surface area (Å²) in [6, 6.07) is 16.9. The summed E-state index contributed by atoms with van der Waals surface area (Å²) in [6.45, 7) is 8.38. The van der Waals surface area contributed by atoms with E-state index in [9.17, 15) is 9.59 Å². The first kappa shape index (κ1) is 22.5. The Morgan fingerprint density at radius 1 is 1.03 bits per heavy atom. The predicted molar refractivity (Wildman–Crippen MR) is 128 cm³/mol. The first-order chi connectivity index (χ1) is 15.6. The fraction of sp³-hybridized carbons (Fsp3) is 0.481. The van der Waals surface area contributed by atoms with Crippen LogP contribution >= 0.6 is 0 Å². The standard InChI is InChI=1S/C27H35N3O2/c1-3-29-16-17-30(26(31)22-12-14-28-15-13-22)19-24(27(29)32)18-23-6-4-5-7-25(23)21-10-8-20(2)9-11-21/h4-11,22,24,28H,3,12-19H2,1-2H3/t24-/m0/s1. The molecule has 2 aliphatic heterocycles. The number of carbonyl (C=O) groups excluding carboxylic acids is 2. The van der Waals surface area contributed by atoms with Crippen LogP contribution in [0.2, 0.25) is 0 Å². The van der Waals surface area contributed by atoms with Crippen molar-refractivity contribution < 1.29 is 9.59 Å². The van der Waals surface area contributed by atoms with Crippen molar-refractivity contribution in [2.24, 2.45) is 11.8 Å². The number of hydrogen-bond acceptors (Lipinski definition) is 3. The van der Waals surface area contributed by atoms with Crippen LogP contribution in [0.3, 0.4) is 0 Å². The van der Waals surface area contributed by atoms with Crippen LogP contribution in [0.15, 0.2) is 48.5 Å². The molecule has 2 amide bonds. The summed E-state index contributed by atoms with van der Waals surface area (Å²) in [6.07, 6.45) is 2.43. The lowest BCUT2D eigenvalue weighted by Gasteiger charge is -2.30. The number of likely N-dealkylation sites (N-methyl/N-ethyl adjacent to an activating group) is 1. The molecular formula is C27H35N3O2. The van der Waals surface area contributed by atoms with E-state index in [0.29, 0.717) is 32.6 Å². The fourth-order valence-corrected chi connectivity index (χ4v) is 5.02. The molecule has 4 rings (SSSR count). The number of aryl methyl sites for hydroxylation is 1. The van der Waals surface area contributed by atoms with Gasteiger partial charge in [-0.25, -0.2) is 0 Å². The maximum Gasteiger partial charge on any atom is 0.227 e. The topological polar surface area (TPSA) is 52.6 Å². The summed E-state index contributed by atoms with van der Waals surface area (Å²) in [7, 11) is 0. The van der Waals surface area contributed by atoms with Gasteiger partial charge >= 0.3 is 0 Å². The zero-order chi connectivity index (χ0) is 22.5. The van der Waals surface area contributed by atoms with E-state index in [2.05, 4.69) is 54.7 Å². The minimum atomic E-state index is -0.213. The average molecular weight is 434 g/mol. The van der Waals surface area contributed by atoms with Crippen LogP contribution in [-0.2, 0) is 16.0 Å². The highest BCUT2D eigenvalue weighted by atomic mass is 16.2. The van der Waals surface area contributed by atoms with Crippen molar-refractivity contribution in [1.82, 2.24) is 15.1 Å². The Labute approximate surface area is 191 Å². The quantitative estimate of drug-likeness (QED) is 0.785. The maximum atomic E-state index is 13.4. The van der Waals surface area contributed by atoms with Crippen LogP contribution in [0.25, 0.3) is 11.1 Å². The molecule has 2 aromatic carbocycles. The van der Waals surface area contributed by atoms with E-state index >= 15 is 0 Å².